The van der Waals surface area contributed by atoms with Gasteiger partial charge in [0.25, 0.3) is 5.89 Å². The summed E-state index contributed by atoms with van der Waals surface area (Å²) in [6, 6.07) is 10.9. The van der Waals surface area contributed by atoms with Crippen molar-refractivity contribution in [3.05, 3.63) is 59.7 Å². The molecule has 0 unspecified atom stereocenters. The highest BCUT2D eigenvalue weighted by molar-refractivity contribution is 6.30. The van der Waals surface area contributed by atoms with Gasteiger partial charge < -0.3 is 14.2 Å². The number of hydrogen-bond donors (Lipinski definition) is 0. The zero-order valence-corrected chi connectivity index (χ0v) is 16.9. The van der Waals surface area contributed by atoms with Gasteiger partial charge in [-0.15, -0.1) is 10.2 Å². The van der Waals surface area contributed by atoms with Crippen molar-refractivity contribution < 1.29 is 9.26 Å². The molecule has 1 fully saturated rings. The van der Waals surface area contributed by atoms with Gasteiger partial charge >= 0.3 is 0 Å². The Morgan fingerprint density at radius 3 is 2.80 bits per heavy atom. The fraction of sp³-hybridized carbons (Fsp3) is 0.250. The molecule has 30 heavy (non-hydrogen) atoms. The van der Waals surface area contributed by atoms with E-state index in [1.807, 2.05) is 35.9 Å². The lowest BCUT2D eigenvalue weighted by Crippen LogP contribution is -2.41. The third kappa shape index (κ3) is 3.42. The lowest BCUT2D eigenvalue weighted by molar-refractivity contribution is 0.0826. The van der Waals surface area contributed by atoms with Gasteiger partial charge in [0.2, 0.25) is 11.8 Å². The standard InChI is InChI=1S/C20H18ClN7O2/c1-27-18(13-5-7-22-8-6-13)24-25-20(27)28-9-10-29-12-16(28)19-23-17(26-30-19)14-3-2-4-15(21)11-14/h2-8,11,16H,9-10,12H2,1H3/t16-/m1/s1. The maximum Gasteiger partial charge on any atom is 0.252 e. The van der Waals surface area contributed by atoms with Crippen LogP contribution in [0.5, 0.6) is 0 Å². The predicted molar refractivity (Wildman–Crippen MR) is 110 cm³/mol. The number of aromatic nitrogens is 6. The molecule has 0 amide bonds. The second-order valence-electron chi connectivity index (χ2n) is 6.87. The van der Waals surface area contributed by atoms with Gasteiger partial charge in [-0.3, -0.25) is 9.55 Å². The summed E-state index contributed by atoms with van der Waals surface area (Å²) in [7, 11) is 1.93. The topological polar surface area (TPSA) is 95.0 Å². The fourth-order valence-electron chi connectivity index (χ4n) is 3.49. The fourth-order valence-corrected chi connectivity index (χ4v) is 3.68. The molecule has 0 saturated carbocycles. The van der Waals surface area contributed by atoms with E-state index < -0.39 is 0 Å². The van der Waals surface area contributed by atoms with Gasteiger partial charge in [-0.2, -0.15) is 4.98 Å². The first-order chi connectivity index (χ1) is 14.7. The van der Waals surface area contributed by atoms with Crippen molar-refractivity contribution in [1.29, 1.82) is 0 Å². The SMILES string of the molecule is Cn1c(-c2ccncc2)nnc1N1CCOC[C@@H]1c1nc(-c2cccc(Cl)c2)no1. The van der Waals surface area contributed by atoms with Gasteiger partial charge in [0.05, 0.1) is 13.2 Å². The van der Waals surface area contributed by atoms with Crippen LogP contribution in [0.1, 0.15) is 11.9 Å². The van der Waals surface area contributed by atoms with E-state index in [0.717, 1.165) is 17.0 Å². The Kier molecular flexibility index (Phi) is 4.89. The number of halogens is 1. The average Bonchev–Trinajstić information content (AvgIpc) is 3.42. The molecule has 1 aromatic carbocycles. The summed E-state index contributed by atoms with van der Waals surface area (Å²) in [5.41, 5.74) is 1.73. The summed E-state index contributed by atoms with van der Waals surface area (Å²) in [6.45, 7) is 1.61. The Balaban J connectivity index is 1.47. The van der Waals surface area contributed by atoms with E-state index in [1.165, 1.54) is 0 Å². The van der Waals surface area contributed by atoms with E-state index >= 15 is 0 Å². The summed E-state index contributed by atoms with van der Waals surface area (Å²) in [6.07, 6.45) is 3.47. The molecule has 4 heterocycles. The second kappa shape index (κ2) is 7.85. The van der Waals surface area contributed by atoms with Crippen LogP contribution in [-0.4, -0.2) is 49.6 Å². The van der Waals surface area contributed by atoms with E-state index in [9.17, 15) is 0 Å². The van der Waals surface area contributed by atoms with Crippen molar-refractivity contribution in [2.75, 3.05) is 24.7 Å². The van der Waals surface area contributed by atoms with Crippen LogP contribution in [0.3, 0.4) is 0 Å². The smallest absolute Gasteiger partial charge is 0.252 e. The molecule has 0 spiro atoms. The largest absolute Gasteiger partial charge is 0.377 e. The molecule has 1 saturated heterocycles. The number of hydrogen-bond acceptors (Lipinski definition) is 8. The molecule has 3 aromatic heterocycles. The molecule has 1 atom stereocenters. The lowest BCUT2D eigenvalue weighted by Gasteiger charge is -2.33. The number of anilines is 1. The minimum atomic E-state index is -0.271. The maximum absolute atomic E-state index is 6.09. The summed E-state index contributed by atoms with van der Waals surface area (Å²) in [5, 5.41) is 13.5. The molecule has 9 nitrogen and oxygen atoms in total. The Hall–Kier alpha value is -3.30. The maximum atomic E-state index is 6.09. The van der Waals surface area contributed by atoms with Gasteiger partial charge in [0.1, 0.15) is 6.04 Å². The minimum absolute atomic E-state index is 0.271. The van der Waals surface area contributed by atoms with Crippen LogP contribution in [0.15, 0.2) is 53.3 Å². The van der Waals surface area contributed by atoms with Crippen LogP contribution >= 0.6 is 11.6 Å². The normalized spacial score (nSPS) is 16.7. The predicted octanol–water partition coefficient (Wildman–Crippen LogP) is 3.16. The molecule has 0 bridgehead atoms. The third-order valence-corrected chi connectivity index (χ3v) is 5.22. The minimum Gasteiger partial charge on any atom is -0.377 e. The van der Waals surface area contributed by atoms with Crippen molar-refractivity contribution in [2.24, 2.45) is 7.05 Å². The molecule has 1 aliphatic heterocycles. The van der Waals surface area contributed by atoms with Crippen LogP contribution in [-0.2, 0) is 11.8 Å². The average molecular weight is 424 g/mol. The van der Waals surface area contributed by atoms with E-state index in [2.05, 4.69) is 30.2 Å². The van der Waals surface area contributed by atoms with E-state index in [4.69, 9.17) is 20.9 Å². The molecule has 4 aromatic rings. The molecule has 1 aliphatic rings. The molecule has 10 heteroatoms. The van der Waals surface area contributed by atoms with Gasteiger partial charge in [-0.05, 0) is 24.3 Å². The van der Waals surface area contributed by atoms with Crippen LogP contribution < -0.4 is 4.90 Å². The monoisotopic (exact) mass is 423 g/mol. The van der Waals surface area contributed by atoms with Gasteiger partial charge in [-0.1, -0.05) is 28.9 Å². The van der Waals surface area contributed by atoms with E-state index in [-0.39, 0.29) is 6.04 Å². The number of nitrogens with zero attached hydrogens (tertiary/aromatic N) is 7. The number of benzene rings is 1. The van der Waals surface area contributed by atoms with E-state index in [0.29, 0.717) is 42.4 Å². The first-order valence-corrected chi connectivity index (χ1v) is 9.82. The Labute approximate surface area is 177 Å². The molecule has 152 valence electrons. The van der Waals surface area contributed by atoms with Crippen molar-refractivity contribution in [3.8, 4) is 22.8 Å². The Morgan fingerprint density at radius 1 is 1.10 bits per heavy atom. The van der Waals surface area contributed by atoms with Gasteiger partial charge in [-0.25, -0.2) is 0 Å². The number of morpholine rings is 1. The first kappa shape index (κ1) is 18.7. The van der Waals surface area contributed by atoms with Crippen LogP contribution in [0, 0.1) is 0 Å². The molecular formula is C20H18ClN7O2. The Bertz CT molecular complexity index is 1160. The summed E-state index contributed by atoms with van der Waals surface area (Å²) in [4.78, 5) is 10.7. The molecular weight excluding hydrogens is 406 g/mol. The lowest BCUT2D eigenvalue weighted by atomic mass is 10.2. The van der Waals surface area contributed by atoms with E-state index in [1.54, 1.807) is 24.5 Å². The molecule has 0 N–H and O–H groups in total. The summed E-state index contributed by atoms with van der Waals surface area (Å²) < 4.78 is 13.2. The highest BCUT2D eigenvalue weighted by atomic mass is 35.5. The third-order valence-electron chi connectivity index (χ3n) is 4.99. The van der Waals surface area contributed by atoms with Crippen molar-refractivity contribution in [3.63, 3.8) is 0 Å². The van der Waals surface area contributed by atoms with Crippen molar-refractivity contribution in [1.82, 2.24) is 29.9 Å². The zero-order valence-electron chi connectivity index (χ0n) is 16.1. The highest BCUT2D eigenvalue weighted by Gasteiger charge is 2.33. The summed E-state index contributed by atoms with van der Waals surface area (Å²) in [5.74, 6) is 2.40. The molecule has 0 aliphatic carbocycles. The molecule has 0 radical (unpaired) electrons. The van der Waals surface area contributed by atoms with Crippen molar-refractivity contribution >= 4 is 17.5 Å². The number of ether oxygens (including phenoxy) is 1. The number of pyridine rings is 1. The quantitative estimate of drug-likeness (QED) is 0.494. The van der Waals surface area contributed by atoms with Gasteiger partial charge in [0, 0.05) is 42.1 Å². The first-order valence-electron chi connectivity index (χ1n) is 9.44. The Morgan fingerprint density at radius 2 is 1.97 bits per heavy atom. The number of rotatable bonds is 4. The zero-order chi connectivity index (χ0) is 20.5. The summed E-state index contributed by atoms with van der Waals surface area (Å²) >= 11 is 6.09. The van der Waals surface area contributed by atoms with Crippen LogP contribution in [0.2, 0.25) is 5.02 Å². The second-order valence-corrected chi connectivity index (χ2v) is 7.31. The van der Waals surface area contributed by atoms with Crippen molar-refractivity contribution in [2.45, 2.75) is 6.04 Å². The van der Waals surface area contributed by atoms with Crippen LogP contribution in [0.4, 0.5) is 5.95 Å². The highest BCUT2D eigenvalue weighted by Crippen LogP contribution is 2.31. The van der Waals surface area contributed by atoms with Gasteiger partial charge in [0.15, 0.2) is 5.82 Å². The molecule has 5 rings (SSSR count). The van der Waals surface area contributed by atoms with Crippen LogP contribution in [0.25, 0.3) is 22.8 Å².